The van der Waals surface area contributed by atoms with E-state index in [0.717, 1.165) is 59.1 Å². The summed E-state index contributed by atoms with van der Waals surface area (Å²) in [5, 5.41) is 0.215. The maximum atomic E-state index is 13.9. The van der Waals surface area contributed by atoms with Crippen LogP contribution in [0, 0.1) is 5.82 Å². The molecule has 0 saturated heterocycles. The highest BCUT2D eigenvalue weighted by molar-refractivity contribution is 8.04. The first-order chi connectivity index (χ1) is 19.7. The van der Waals surface area contributed by atoms with Crippen LogP contribution in [-0.2, 0) is 44.7 Å². The van der Waals surface area contributed by atoms with E-state index in [2.05, 4.69) is 14.4 Å². The van der Waals surface area contributed by atoms with Crippen LogP contribution >= 0.6 is 57.6 Å². The van der Waals surface area contributed by atoms with Crippen LogP contribution in [0.1, 0.15) is 25.1 Å². The Morgan fingerprint density at radius 3 is 2.48 bits per heavy atom. The van der Waals surface area contributed by atoms with Gasteiger partial charge in [-0.25, -0.2) is 26.0 Å². The van der Waals surface area contributed by atoms with Crippen molar-refractivity contribution in [1.29, 1.82) is 0 Å². The molecule has 2 atom stereocenters. The van der Waals surface area contributed by atoms with Crippen LogP contribution in [0.4, 0.5) is 4.39 Å². The second kappa shape index (κ2) is 12.7. The number of hydroxylamine groups is 2. The number of nitrogens with one attached hydrogen (secondary N) is 2. The van der Waals surface area contributed by atoms with Crippen LogP contribution in [0.5, 0.6) is 0 Å². The van der Waals surface area contributed by atoms with Gasteiger partial charge in [0.2, 0.25) is 10.0 Å². The Bertz CT molecular complexity index is 1750. The highest BCUT2D eigenvalue weighted by Crippen LogP contribution is 2.38. The molecule has 12 nitrogen and oxygen atoms in total. The van der Waals surface area contributed by atoms with Gasteiger partial charge in [0, 0.05) is 13.1 Å². The van der Waals surface area contributed by atoms with Crippen molar-refractivity contribution in [3.05, 3.63) is 73.4 Å². The molecule has 1 aromatic carbocycles. The number of hydrogen-bond donors (Lipinski definition) is 2. The molecule has 20 heteroatoms. The van der Waals surface area contributed by atoms with Gasteiger partial charge in [-0.3, -0.25) is 9.78 Å². The van der Waals surface area contributed by atoms with Crippen molar-refractivity contribution in [2.24, 2.45) is 0 Å². The predicted molar refractivity (Wildman–Crippen MR) is 155 cm³/mol. The number of hydrogen-bond acceptors (Lipinski definition) is 13. The minimum Gasteiger partial charge on any atom is -0.418 e. The van der Waals surface area contributed by atoms with Crippen molar-refractivity contribution in [3.8, 4) is 0 Å². The first-order valence-electron chi connectivity index (χ1n) is 11.4. The van der Waals surface area contributed by atoms with Gasteiger partial charge in [-0.05, 0) is 48.5 Å². The summed E-state index contributed by atoms with van der Waals surface area (Å²) in [5.74, 6) is -2.70. The largest absolute Gasteiger partial charge is 0.418 e. The third kappa shape index (κ3) is 7.08. The fraction of sp³-hybridized carbons (Fsp3) is 0.227. The normalized spacial score (nSPS) is 17.0. The number of rotatable bonds is 11. The third-order valence-corrected chi connectivity index (χ3v) is 12.6. The van der Waals surface area contributed by atoms with Crippen LogP contribution in [0.3, 0.4) is 0 Å². The summed E-state index contributed by atoms with van der Waals surface area (Å²) in [7, 11) is -8.80. The van der Waals surface area contributed by atoms with Gasteiger partial charge in [0.1, 0.15) is 14.9 Å². The fourth-order valence-electron chi connectivity index (χ4n) is 3.50. The molecule has 42 heavy (non-hydrogen) atoms. The molecule has 2 unspecified atom stereocenters. The summed E-state index contributed by atoms with van der Waals surface area (Å²) in [6, 6.07) is 5.28. The molecule has 0 aliphatic carbocycles. The lowest BCUT2D eigenvalue weighted by atomic mass is 9.96. The topological polar surface area (TPSA) is 161 Å². The quantitative estimate of drug-likeness (QED) is 0.271. The Labute approximate surface area is 261 Å². The van der Waals surface area contributed by atoms with E-state index in [9.17, 15) is 30.8 Å². The summed E-state index contributed by atoms with van der Waals surface area (Å²) in [6.07, 6.45) is 2.10. The summed E-state index contributed by atoms with van der Waals surface area (Å²) >= 11 is 14.3. The molecule has 0 spiro atoms. The minimum atomic E-state index is -4.59. The second-order valence-corrected chi connectivity index (χ2v) is 15.9. The molecule has 0 bridgehead atoms. The lowest BCUT2D eigenvalue weighted by Gasteiger charge is -2.32. The van der Waals surface area contributed by atoms with Gasteiger partial charge in [0.25, 0.3) is 10.0 Å². The molecular formula is C22H19Cl2FN4O8S5. The molecule has 3 aromatic rings. The Hall–Kier alpha value is -2.29. The number of carbonyl (C=O) groups excluding carboxylic acids is 2. The second-order valence-electron chi connectivity index (χ2n) is 8.24. The number of esters is 1. The Kier molecular flexibility index (Phi) is 9.90. The monoisotopic (exact) mass is 716 g/mol. The van der Waals surface area contributed by atoms with Crippen molar-refractivity contribution >= 4 is 89.6 Å². The van der Waals surface area contributed by atoms with E-state index in [-0.39, 0.29) is 24.9 Å². The number of thiophene rings is 1. The number of nitrogens with zero attached hydrogens (tertiary/aromatic N) is 2. The summed E-state index contributed by atoms with van der Waals surface area (Å²) in [5.41, 5.74) is -2.13. The molecule has 2 N–H and O–H groups in total. The SMILES string of the molecule is CCC(NS(=O)(=O)c1ccc(F)cc1Cl)(C(=O)ON1C=C(OC(C)=O)SC1NS(=O)(=O)c1ccc(Cl)s1)c1cncs1. The molecule has 0 fully saturated rings. The van der Waals surface area contributed by atoms with Gasteiger partial charge < -0.3 is 9.57 Å². The Balaban J connectivity index is 1.70. The summed E-state index contributed by atoms with van der Waals surface area (Å²) in [4.78, 5) is 34.5. The van der Waals surface area contributed by atoms with Crippen LogP contribution < -0.4 is 9.44 Å². The third-order valence-electron chi connectivity index (χ3n) is 5.42. The minimum absolute atomic E-state index is 0.120. The first kappa shape index (κ1) is 32.6. The van der Waals surface area contributed by atoms with E-state index in [1.807, 2.05) is 0 Å². The predicted octanol–water partition coefficient (Wildman–Crippen LogP) is 4.37. The van der Waals surface area contributed by atoms with E-state index in [1.54, 1.807) is 0 Å². The van der Waals surface area contributed by atoms with Gasteiger partial charge in [-0.1, -0.05) is 30.1 Å². The average molecular weight is 718 g/mol. The number of benzene rings is 1. The molecular weight excluding hydrogens is 699 g/mol. The maximum absolute atomic E-state index is 13.9. The summed E-state index contributed by atoms with van der Waals surface area (Å²) < 4.78 is 76.2. The highest BCUT2D eigenvalue weighted by Gasteiger charge is 2.48. The summed E-state index contributed by atoms with van der Waals surface area (Å²) in [6.45, 7) is 2.61. The van der Waals surface area contributed by atoms with E-state index in [4.69, 9.17) is 32.8 Å². The molecule has 226 valence electrons. The Morgan fingerprint density at radius 2 is 1.90 bits per heavy atom. The molecule has 0 amide bonds. The zero-order chi connectivity index (χ0) is 30.9. The molecule has 0 radical (unpaired) electrons. The van der Waals surface area contributed by atoms with E-state index < -0.39 is 58.8 Å². The highest BCUT2D eigenvalue weighted by atomic mass is 35.5. The zero-order valence-electron chi connectivity index (χ0n) is 21.2. The van der Waals surface area contributed by atoms with Crippen LogP contribution in [0.25, 0.3) is 0 Å². The van der Waals surface area contributed by atoms with Gasteiger partial charge in [-0.15, -0.1) is 22.7 Å². The van der Waals surface area contributed by atoms with Crippen LogP contribution in [-0.4, -0.2) is 44.3 Å². The van der Waals surface area contributed by atoms with Crippen molar-refractivity contribution < 1.29 is 40.4 Å². The van der Waals surface area contributed by atoms with Crippen molar-refractivity contribution in [2.75, 3.05) is 0 Å². The van der Waals surface area contributed by atoms with Gasteiger partial charge >= 0.3 is 11.9 Å². The molecule has 0 saturated carbocycles. The number of halogens is 3. The number of carbonyl (C=O) groups is 2. The number of ether oxygens (including phenoxy) is 1. The smallest absolute Gasteiger partial charge is 0.358 e. The molecule has 3 heterocycles. The average Bonchev–Trinajstić information content (AvgIpc) is 3.64. The van der Waals surface area contributed by atoms with Gasteiger partial charge in [-0.2, -0.15) is 14.5 Å². The molecule has 2 aromatic heterocycles. The molecule has 1 aliphatic rings. The lowest BCUT2D eigenvalue weighted by Crippen LogP contribution is -2.54. The molecule has 1 aliphatic heterocycles. The Morgan fingerprint density at radius 1 is 1.17 bits per heavy atom. The van der Waals surface area contributed by atoms with Crippen molar-refractivity contribution in [2.45, 2.75) is 40.4 Å². The van der Waals surface area contributed by atoms with Gasteiger partial charge in [0.05, 0.1) is 25.9 Å². The number of aromatic nitrogens is 1. The number of thiazole rings is 1. The maximum Gasteiger partial charge on any atom is 0.358 e. The van der Waals surface area contributed by atoms with E-state index in [0.29, 0.717) is 11.8 Å². The number of thioether (sulfide) groups is 1. The lowest BCUT2D eigenvalue weighted by molar-refractivity contribution is -0.189. The molecule has 4 rings (SSSR count). The van der Waals surface area contributed by atoms with Crippen molar-refractivity contribution in [3.63, 3.8) is 0 Å². The first-order valence-corrected chi connectivity index (χ1v) is 17.7. The standard InChI is InChI=1S/C22H19Cl2FN4O8S5/c1-3-22(16-9-26-11-38-16,28-41(32,33)15-5-4-13(25)8-14(15)23)20(31)37-29-10-18(36-12(2)30)40-21(29)27-42(34,35)19-7-6-17(24)39-19/h4-11,21,27-28H,3H2,1-2H3. The van der Waals surface area contributed by atoms with Crippen LogP contribution in [0.2, 0.25) is 9.36 Å². The van der Waals surface area contributed by atoms with E-state index in [1.165, 1.54) is 30.8 Å². The van der Waals surface area contributed by atoms with E-state index >= 15 is 0 Å². The van der Waals surface area contributed by atoms with Gasteiger partial charge in [0.15, 0.2) is 16.1 Å². The zero-order valence-corrected chi connectivity index (χ0v) is 26.8. The fourth-order valence-corrected chi connectivity index (χ4v) is 10.2. The number of sulfonamides is 2. The van der Waals surface area contributed by atoms with Crippen molar-refractivity contribution in [1.82, 2.24) is 19.5 Å². The van der Waals surface area contributed by atoms with Crippen LogP contribution in [0.15, 0.2) is 62.4 Å².